The Bertz CT molecular complexity index is 750. The van der Waals surface area contributed by atoms with Crippen LogP contribution in [0.5, 0.6) is 0 Å². The van der Waals surface area contributed by atoms with Crippen molar-refractivity contribution in [3.05, 3.63) is 57.6 Å². The number of carboxylic acids is 1. The van der Waals surface area contributed by atoms with Crippen LogP contribution in [0.3, 0.4) is 0 Å². The molecule has 0 spiro atoms. The molecule has 0 heterocycles. The van der Waals surface area contributed by atoms with Crippen LogP contribution in [-0.2, 0) is 0 Å². The third-order valence-electron chi connectivity index (χ3n) is 2.87. The van der Waals surface area contributed by atoms with E-state index in [1.807, 2.05) is 6.26 Å². The zero-order valence-electron chi connectivity index (χ0n) is 11.4. The van der Waals surface area contributed by atoms with Gasteiger partial charge in [0.25, 0.3) is 5.91 Å². The molecule has 0 radical (unpaired) electrons. The van der Waals surface area contributed by atoms with Gasteiger partial charge in [0, 0.05) is 15.5 Å². The summed E-state index contributed by atoms with van der Waals surface area (Å²) < 4.78 is 0. The number of carbonyl (C=O) groups excluding carboxylic acids is 2. The highest BCUT2D eigenvalue weighted by atomic mass is 35.5. The first-order valence-corrected chi connectivity index (χ1v) is 8.06. The van der Waals surface area contributed by atoms with Crippen LogP contribution in [0.4, 0.5) is 5.69 Å². The van der Waals surface area contributed by atoms with Crippen LogP contribution in [0.25, 0.3) is 0 Å². The summed E-state index contributed by atoms with van der Waals surface area (Å²) in [5.41, 5.74) is 0.149. The molecule has 0 saturated carbocycles. The normalized spacial score (nSPS) is 10.3. The molecular formula is C15H10Cl2NO3S-. The van der Waals surface area contributed by atoms with Crippen molar-refractivity contribution in [2.75, 3.05) is 11.6 Å². The lowest BCUT2D eigenvalue weighted by Gasteiger charge is -2.13. The molecule has 0 aliphatic heterocycles. The SMILES string of the molecule is CSc1ccc(Cl)c(C(=O)Nc2cc(Cl)ccc2C(=O)[O-])c1. The highest BCUT2D eigenvalue weighted by Gasteiger charge is 2.14. The molecule has 0 fully saturated rings. The minimum atomic E-state index is -1.41. The second-order valence-corrected chi connectivity index (χ2v) is 6.00. The number of halogens is 2. The topological polar surface area (TPSA) is 69.2 Å². The van der Waals surface area contributed by atoms with Gasteiger partial charge in [-0.3, -0.25) is 4.79 Å². The van der Waals surface area contributed by atoms with Crippen molar-refractivity contribution in [3.8, 4) is 0 Å². The number of amides is 1. The van der Waals surface area contributed by atoms with Crippen LogP contribution >= 0.6 is 35.0 Å². The van der Waals surface area contributed by atoms with Gasteiger partial charge in [-0.05, 0) is 42.7 Å². The molecule has 2 rings (SSSR count). The molecular weight excluding hydrogens is 345 g/mol. The van der Waals surface area contributed by atoms with Gasteiger partial charge in [0.15, 0.2) is 0 Å². The molecule has 2 aromatic rings. The summed E-state index contributed by atoms with van der Waals surface area (Å²) in [4.78, 5) is 24.3. The van der Waals surface area contributed by atoms with E-state index in [-0.39, 0.29) is 21.8 Å². The zero-order valence-corrected chi connectivity index (χ0v) is 13.7. The van der Waals surface area contributed by atoms with Crippen molar-refractivity contribution in [1.29, 1.82) is 0 Å². The molecule has 1 N–H and O–H groups in total. The summed E-state index contributed by atoms with van der Waals surface area (Å²) in [5, 5.41) is 14.2. The van der Waals surface area contributed by atoms with E-state index >= 15 is 0 Å². The molecule has 0 aliphatic rings. The molecule has 1 amide bonds. The molecule has 7 heteroatoms. The number of hydrogen-bond acceptors (Lipinski definition) is 4. The molecule has 2 aromatic carbocycles. The molecule has 114 valence electrons. The average molecular weight is 355 g/mol. The Morgan fingerprint density at radius 3 is 2.45 bits per heavy atom. The van der Waals surface area contributed by atoms with Crippen LogP contribution in [0.2, 0.25) is 10.0 Å². The van der Waals surface area contributed by atoms with E-state index in [2.05, 4.69) is 5.32 Å². The van der Waals surface area contributed by atoms with Crippen molar-refractivity contribution in [3.63, 3.8) is 0 Å². The number of nitrogens with one attached hydrogen (secondary N) is 1. The Balaban J connectivity index is 2.37. The van der Waals surface area contributed by atoms with Crippen LogP contribution in [0.1, 0.15) is 20.7 Å². The van der Waals surface area contributed by atoms with Gasteiger partial charge in [-0.25, -0.2) is 0 Å². The van der Waals surface area contributed by atoms with Crippen LogP contribution in [-0.4, -0.2) is 18.1 Å². The van der Waals surface area contributed by atoms with Crippen molar-refractivity contribution < 1.29 is 14.7 Å². The number of carbonyl (C=O) groups is 2. The van der Waals surface area contributed by atoms with E-state index in [4.69, 9.17) is 23.2 Å². The quantitative estimate of drug-likeness (QED) is 0.855. The van der Waals surface area contributed by atoms with Gasteiger partial charge >= 0.3 is 0 Å². The standard InChI is InChI=1S/C15H11Cl2NO3S/c1-22-9-3-5-12(17)11(7-9)14(19)18-13-6-8(16)2-4-10(13)15(20)21/h2-7H,1H3,(H,18,19)(H,20,21)/p-1. The first kappa shape index (κ1) is 16.7. The maximum atomic E-state index is 12.3. The lowest BCUT2D eigenvalue weighted by molar-refractivity contribution is -0.254. The molecule has 0 atom stereocenters. The number of thioether (sulfide) groups is 1. The molecule has 22 heavy (non-hydrogen) atoms. The Kier molecular flexibility index (Phi) is 5.34. The fourth-order valence-electron chi connectivity index (χ4n) is 1.79. The number of benzene rings is 2. The van der Waals surface area contributed by atoms with Gasteiger partial charge in [-0.1, -0.05) is 23.2 Å². The number of rotatable bonds is 4. The van der Waals surface area contributed by atoms with E-state index in [1.165, 1.54) is 30.0 Å². The maximum Gasteiger partial charge on any atom is 0.257 e. The van der Waals surface area contributed by atoms with E-state index in [1.54, 1.807) is 18.2 Å². The molecule has 0 aromatic heterocycles. The van der Waals surface area contributed by atoms with E-state index < -0.39 is 11.9 Å². The summed E-state index contributed by atoms with van der Waals surface area (Å²) in [7, 11) is 0. The Morgan fingerprint density at radius 1 is 1.09 bits per heavy atom. The van der Waals surface area contributed by atoms with Gasteiger partial charge in [-0.15, -0.1) is 11.8 Å². The minimum absolute atomic E-state index is 0.0584. The number of aromatic carboxylic acids is 1. The molecule has 4 nitrogen and oxygen atoms in total. The third-order valence-corrected chi connectivity index (χ3v) is 4.16. The van der Waals surface area contributed by atoms with Gasteiger partial charge in [-0.2, -0.15) is 0 Å². The highest BCUT2D eigenvalue weighted by molar-refractivity contribution is 7.98. The van der Waals surface area contributed by atoms with Crippen LogP contribution in [0.15, 0.2) is 41.3 Å². The van der Waals surface area contributed by atoms with Crippen molar-refractivity contribution in [2.24, 2.45) is 0 Å². The van der Waals surface area contributed by atoms with E-state index in [9.17, 15) is 14.7 Å². The average Bonchev–Trinajstić information content (AvgIpc) is 2.47. The summed E-state index contributed by atoms with van der Waals surface area (Å²) in [6, 6.07) is 9.05. The van der Waals surface area contributed by atoms with Crippen LogP contribution in [0, 0.1) is 0 Å². The summed E-state index contributed by atoms with van der Waals surface area (Å²) in [6.45, 7) is 0. The van der Waals surface area contributed by atoms with Crippen molar-refractivity contribution in [1.82, 2.24) is 0 Å². The smallest absolute Gasteiger partial charge is 0.257 e. The first-order valence-electron chi connectivity index (χ1n) is 6.08. The molecule has 0 unspecified atom stereocenters. The first-order chi connectivity index (χ1) is 10.4. The summed E-state index contributed by atoms with van der Waals surface area (Å²) >= 11 is 13.3. The Morgan fingerprint density at radius 2 is 1.82 bits per heavy atom. The lowest BCUT2D eigenvalue weighted by Crippen LogP contribution is -2.25. The Hall–Kier alpha value is -1.69. The Labute approximate surface area is 141 Å². The van der Waals surface area contributed by atoms with Gasteiger partial charge in [0.1, 0.15) is 0 Å². The monoisotopic (exact) mass is 354 g/mol. The number of hydrogen-bond donors (Lipinski definition) is 1. The minimum Gasteiger partial charge on any atom is -0.545 e. The van der Waals surface area contributed by atoms with E-state index in [0.29, 0.717) is 5.02 Å². The third kappa shape index (κ3) is 3.74. The fourth-order valence-corrected chi connectivity index (χ4v) is 2.61. The molecule has 0 bridgehead atoms. The molecule has 0 aliphatic carbocycles. The number of carboxylic acid groups (broad SMARTS) is 1. The van der Waals surface area contributed by atoms with E-state index in [0.717, 1.165) is 4.90 Å². The number of anilines is 1. The largest absolute Gasteiger partial charge is 0.545 e. The maximum absolute atomic E-state index is 12.3. The summed E-state index contributed by atoms with van der Waals surface area (Å²) in [6.07, 6.45) is 1.87. The lowest BCUT2D eigenvalue weighted by atomic mass is 10.1. The second-order valence-electron chi connectivity index (χ2n) is 4.28. The van der Waals surface area contributed by atoms with Crippen molar-refractivity contribution >= 4 is 52.5 Å². The van der Waals surface area contributed by atoms with Crippen molar-refractivity contribution in [2.45, 2.75) is 4.90 Å². The zero-order chi connectivity index (χ0) is 16.3. The van der Waals surface area contributed by atoms with Gasteiger partial charge in [0.05, 0.1) is 22.2 Å². The predicted octanol–water partition coefficient (Wildman–Crippen LogP) is 3.33. The predicted molar refractivity (Wildman–Crippen MR) is 87.0 cm³/mol. The second kappa shape index (κ2) is 7.05. The highest BCUT2D eigenvalue weighted by Crippen LogP contribution is 2.26. The fraction of sp³-hybridized carbons (Fsp3) is 0.0667. The molecule has 0 saturated heterocycles. The van der Waals surface area contributed by atoms with Crippen LogP contribution < -0.4 is 10.4 Å². The van der Waals surface area contributed by atoms with Gasteiger partial charge < -0.3 is 15.2 Å². The van der Waals surface area contributed by atoms with Gasteiger partial charge in [0.2, 0.25) is 0 Å². The summed E-state index contributed by atoms with van der Waals surface area (Å²) in [5.74, 6) is -1.93.